The van der Waals surface area contributed by atoms with Crippen molar-refractivity contribution in [3.05, 3.63) is 120 Å². The van der Waals surface area contributed by atoms with E-state index < -0.39 is 21.9 Å². The average Bonchev–Trinajstić information content (AvgIpc) is 2.78. The van der Waals surface area contributed by atoms with Gasteiger partial charge in [0.2, 0.25) is 10.0 Å². The highest BCUT2D eigenvalue weighted by molar-refractivity contribution is 7.89. The van der Waals surface area contributed by atoms with Crippen molar-refractivity contribution in [1.29, 1.82) is 0 Å². The summed E-state index contributed by atoms with van der Waals surface area (Å²) >= 11 is 0. The summed E-state index contributed by atoms with van der Waals surface area (Å²) in [6.45, 7) is 1.89. The Morgan fingerprint density at radius 1 is 0.871 bits per heavy atom. The SMILES string of the molecule is Cc1ccc(S(=O)(=O)NC(c2cccc(F)c2)c2ccccc2-c2ccccn2)cc1. The maximum absolute atomic E-state index is 14.1. The molecule has 1 aromatic heterocycles. The minimum atomic E-state index is -3.88. The molecular weight excluding hydrogens is 411 g/mol. The second-order valence-electron chi connectivity index (χ2n) is 7.22. The van der Waals surface area contributed by atoms with E-state index in [1.54, 1.807) is 42.6 Å². The van der Waals surface area contributed by atoms with Gasteiger partial charge in [-0.05, 0) is 54.4 Å². The number of nitrogens with one attached hydrogen (secondary N) is 1. The Hall–Kier alpha value is -3.35. The molecule has 4 rings (SSSR count). The first-order valence-corrected chi connectivity index (χ1v) is 11.3. The van der Waals surface area contributed by atoms with Crippen molar-refractivity contribution in [2.24, 2.45) is 0 Å². The van der Waals surface area contributed by atoms with Gasteiger partial charge in [-0.2, -0.15) is 4.72 Å². The van der Waals surface area contributed by atoms with Crippen LogP contribution in [0.25, 0.3) is 11.3 Å². The molecule has 3 aromatic carbocycles. The van der Waals surface area contributed by atoms with Crippen LogP contribution in [0.3, 0.4) is 0 Å². The van der Waals surface area contributed by atoms with E-state index in [0.717, 1.165) is 11.1 Å². The summed E-state index contributed by atoms with van der Waals surface area (Å²) in [6, 6.07) is 24.7. The third-order valence-corrected chi connectivity index (χ3v) is 6.44. The number of aryl methyl sites for hydroxylation is 1. The quantitative estimate of drug-likeness (QED) is 0.452. The molecule has 0 radical (unpaired) electrons. The van der Waals surface area contributed by atoms with Gasteiger partial charge in [0.1, 0.15) is 5.82 Å². The van der Waals surface area contributed by atoms with E-state index in [2.05, 4.69) is 9.71 Å². The van der Waals surface area contributed by atoms with Crippen LogP contribution in [0.1, 0.15) is 22.7 Å². The Labute approximate surface area is 181 Å². The summed E-state index contributed by atoms with van der Waals surface area (Å²) in [5, 5.41) is 0. The van der Waals surface area contributed by atoms with Gasteiger partial charge in [-0.25, -0.2) is 12.8 Å². The number of pyridine rings is 1. The molecule has 0 amide bonds. The zero-order valence-corrected chi connectivity index (χ0v) is 17.7. The maximum atomic E-state index is 14.1. The zero-order chi connectivity index (χ0) is 21.8. The number of halogens is 1. The molecule has 1 unspecified atom stereocenters. The van der Waals surface area contributed by atoms with Crippen LogP contribution in [0.2, 0.25) is 0 Å². The number of rotatable bonds is 6. The van der Waals surface area contributed by atoms with E-state index in [-0.39, 0.29) is 4.90 Å². The smallest absolute Gasteiger partial charge is 0.241 e. The summed E-state index contributed by atoms with van der Waals surface area (Å²) in [5.74, 6) is -0.438. The van der Waals surface area contributed by atoms with Crippen molar-refractivity contribution in [3.63, 3.8) is 0 Å². The van der Waals surface area contributed by atoms with Gasteiger partial charge >= 0.3 is 0 Å². The lowest BCUT2D eigenvalue weighted by atomic mass is 9.93. The molecule has 1 N–H and O–H groups in total. The standard InChI is InChI=1S/C25H21FN2O2S/c1-18-12-14-21(15-13-18)31(29,30)28-25(19-7-6-8-20(26)17-19)23-10-3-2-9-22(23)24-11-4-5-16-27-24/h2-17,25,28H,1H3. The van der Waals surface area contributed by atoms with E-state index >= 15 is 0 Å². The number of sulfonamides is 1. The van der Waals surface area contributed by atoms with Gasteiger partial charge in [0, 0.05) is 11.8 Å². The van der Waals surface area contributed by atoms with E-state index in [9.17, 15) is 12.8 Å². The number of benzene rings is 3. The molecule has 0 aliphatic rings. The molecule has 0 saturated carbocycles. The average molecular weight is 433 g/mol. The summed E-state index contributed by atoms with van der Waals surface area (Å²) in [5.41, 5.74) is 3.61. The highest BCUT2D eigenvalue weighted by Gasteiger charge is 2.25. The zero-order valence-electron chi connectivity index (χ0n) is 16.9. The maximum Gasteiger partial charge on any atom is 0.241 e. The van der Waals surface area contributed by atoms with Crippen molar-refractivity contribution in [2.75, 3.05) is 0 Å². The van der Waals surface area contributed by atoms with Crippen LogP contribution in [0.4, 0.5) is 4.39 Å². The lowest BCUT2D eigenvalue weighted by Gasteiger charge is -2.22. The Morgan fingerprint density at radius 2 is 1.61 bits per heavy atom. The minimum Gasteiger partial charge on any atom is -0.256 e. The number of hydrogen-bond donors (Lipinski definition) is 1. The number of aromatic nitrogens is 1. The molecule has 0 saturated heterocycles. The summed E-state index contributed by atoms with van der Waals surface area (Å²) < 4.78 is 43.3. The molecular formula is C25H21FN2O2S. The molecule has 0 fully saturated rings. The van der Waals surface area contributed by atoms with Gasteiger partial charge < -0.3 is 0 Å². The fourth-order valence-corrected chi connectivity index (χ4v) is 4.65. The molecule has 6 heteroatoms. The normalized spacial score (nSPS) is 12.5. The van der Waals surface area contributed by atoms with Crippen LogP contribution in [0.15, 0.2) is 102 Å². The van der Waals surface area contributed by atoms with E-state index in [0.29, 0.717) is 16.8 Å². The monoisotopic (exact) mass is 432 g/mol. The van der Waals surface area contributed by atoms with E-state index in [4.69, 9.17) is 0 Å². The highest BCUT2D eigenvalue weighted by Crippen LogP contribution is 2.32. The van der Waals surface area contributed by atoms with Gasteiger partial charge in [0.25, 0.3) is 0 Å². The molecule has 0 aliphatic heterocycles. The third-order valence-electron chi connectivity index (χ3n) is 5.00. The second kappa shape index (κ2) is 8.79. The van der Waals surface area contributed by atoms with Gasteiger partial charge in [-0.15, -0.1) is 0 Å². The molecule has 1 atom stereocenters. The Morgan fingerprint density at radius 3 is 2.32 bits per heavy atom. The van der Waals surface area contributed by atoms with Crippen molar-refractivity contribution in [1.82, 2.24) is 9.71 Å². The lowest BCUT2D eigenvalue weighted by Crippen LogP contribution is -2.30. The largest absolute Gasteiger partial charge is 0.256 e. The Kier molecular flexibility index (Phi) is 5.93. The van der Waals surface area contributed by atoms with Crippen LogP contribution in [0, 0.1) is 12.7 Å². The second-order valence-corrected chi connectivity index (χ2v) is 8.94. The van der Waals surface area contributed by atoms with Gasteiger partial charge in [0.15, 0.2) is 0 Å². The first kappa shape index (κ1) is 20.9. The molecule has 0 bridgehead atoms. The molecule has 0 aliphatic carbocycles. The molecule has 4 nitrogen and oxygen atoms in total. The molecule has 0 spiro atoms. The van der Waals surface area contributed by atoms with Gasteiger partial charge in [0.05, 0.1) is 16.6 Å². The Balaban J connectivity index is 1.85. The lowest BCUT2D eigenvalue weighted by molar-refractivity contribution is 0.570. The molecule has 4 aromatic rings. The fraction of sp³-hybridized carbons (Fsp3) is 0.0800. The van der Waals surface area contributed by atoms with Gasteiger partial charge in [-0.1, -0.05) is 60.2 Å². The van der Waals surface area contributed by atoms with Crippen molar-refractivity contribution < 1.29 is 12.8 Å². The van der Waals surface area contributed by atoms with Crippen LogP contribution in [0.5, 0.6) is 0 Å². The van der Waals surface area contributed by atoms with Crippen molar-refractivity contribution in [3.8, 4) is 11.3 Å². The first-order chi connectivity index (χ1) is 14.9. The van der Waals surface area contributed by atoms with Crippen LogP contribution in [-0.4, -0.2) is 13.4 Å². The Bertz CT molecular complexity index is 1290. The van der Waals surface area contributed by atoms with Crippen molar-refractivity contribution >= 4 is 10.0 Å². The predicted octanol–water partition coefficient (Wildman–Crippen LogP) is 5.26. The molecule has 31 heavy (non-hydrogen) atoms. The minimum absolute atomic E-state index is 0.148. The fourth-order valence-electron chi connectivity index (χ4n) is 3.44. The predicted molar refractivity (Wildman–Crippen MR) is 119 cm³/mol. The number of nitrogens with zero attached hydrogens (tertiary/aromatic N) is 1. The van der Waals surface area contributed by atoms with Gasteiger partial charge in [-0.3, -0.25) is 4.98 Å². The topological polar surface area (TPSA) is 59.1 Å². The summed E-state index contributed by atoms with van der Waals surface area (Å²) in [7, 11) is -3.88. The molecule has 1 heterocycles. The van der Waals surface area contributed by atoms with Crippen molar-refractivity contribution in [2.45, 2.75) is 17.9 Å². The first-order valence-electron chi connectivity index (χ1n) is 9.79. The van der Waals surface area contributed by atoms with Crippen LogP contribution >= 0.6 is 0 Å². The number of hydrogen-bond acceptors (Lipinski definition) is 3. The summed E-state index contributed by atoms with van der Waals surface area (Å²) in [4.78, 5) is 4.56. The van der Waals surface area contributed by atoms with Crippen LogP contribution < -0.4 is 4.72 Å². The van der Waals surface area contributed by atoms with E-state index in [1.807, 2.05) is 49.4 Å². The molecule has 156 valence electrons. The summed E-state index contributed by atoms with van der Waals surface area (Å²) in [6.07, 6.45) is 1.68. The van der Waals surface area contributed by atoms with E-state index in [1.165, 1.54) is 12.1 Å². The highest BCUT2D eigenvalue weighted by atomic mass is 32.2. The third kappa shape index (κ3) is 4.71. The van der Waals surface area contributed by atoms with Crippen LogP contribution in [-0.2, 0) is 10.0 Å².